The smallest absolute Gasteiger partial charge is 0.236 e. The fourth-order valence-corrected chi connectivity index (χ4v) is 5.62. The third kappa shape index (κ3) is 5.60. The summed E-state index contributed by atoms with van der Waals surface area (Å²) in [6.45, 7) is 11.2. The molecule has 0 N–H and O–H groups in total. The molecule has 0 bridgehead atoms. The van der Waals surface area contributed by atoms with Gasteiger partial charge in [-0.1, -0.05) is 12.1 Å². The van der Waals surface area contributed by atoms with Gasteiger partial charge < -0.3 is 9.80 Å². The molecule has 0 aliphatic carbocycles. The molecule has 1 aromatic carbocycles. The second-order valence-electron chi connectivity index (χ2n) is 7.96. The molecule has 2 aromatic rings. The number of carbonyl (C=O) groups is 1. The highest BCUT2D eigenvalue weighted by Crippen LogP contribution is 2.23. The van der Waals surface area contributed by atoms with Crippen molar-refractivity contribution in [3.05, 3.63) is 50.6 Å². The summed E-state index contributed by atoms with van der Waals surface area (Å²) < 4.78 is 1.19. The Labute approximate surface area is 186 Å². The second-order valence-corrected chi connectivity index (χ2v) is 10.5. The zero-order valence-corrected chi connectivity index (χ0v) is 19.4. The summed E-state index contributed by atoms with van der Waals surface area (Å²) in [6.07, 6.45) is 0. The predicted molar refractivity (Wildman–Crippen MR) is 124 cm³/mol. The van der Waals surface area contributed by atoms with Crippen LogP contribution in [0, 0.1) is 6.92 Å². The lowest BCUT2D eigenvalue weighted by molar-refractivity contribution is -0.133. The van der Waals surface area contributed by atoms with E-state index < -0.39 is 0 Å². The average molecular weight is 477 g/mol. The van der Waals surface area contributed by atoms with Gasteiger partial charge >= 0.3 is 0 Å². The van der Waals surface area contributed by atoms with Crippen LogP contribution in [-0.4, -0.2) is 79.5 Å². The summed E-state index contributed by atoms with van der Waals surface area (Å²) in [6, 6.07) is 12.9. The van der Waals surface area contributed by atoms with Crippen molar-refractivity contribution in [1.82, 2.24) is 14.7 Å². The van der Waals surface area contributed by atoms with E-state index in [1.165, 1.54) is 19.9 Å². The molecule has 0 unspecified atom stereocenters. The maximum Gasteiger partial charge on any atom is 0.236 e. The van der Waals surface area contributed by atoms with E-state index in [9.17, 15) is 4.79 Å². The first-order valence-corrected chi connectivity index (χ1v) is 12.0. The van der Waals surface area contributed by atoms with Gasteiger partial charge in [0.2, 0.25) is 5.91 Å². The van der Waals surface area contributed by atoms with Crippen LogP contribution in [0.15, 0.2) is 40.2 Å². The lowest BCUT2D eigenvalue weighted by Crippen LogP contribution is -2.53. The van der Waals surface area contributed by atoms with Crippen LogP contribution in [0.4, 0.5) is 5.69 Å². The third-order valence-corrected chi connectivity index (χ3v) is 7.44. The molecular weight excluding hydrogens is 448 g/mol. The Morgan fingerprint density at radius 1 is 0.966 bits per heavy atom. The van der Waals surface area contributed by atoms with Gasteiger partial charge in [0.1, 0.15) is 0 Å². The Morgan fingerprint density at radius 3 is 2.34 bits per heavy atom. The number of hydrogen-bond acceptors (Lipinski definition) is 5. The minimum Gasteiger partial charge on any atom is -0.368 e. The van der Waals surface area contributed by atoms with Crippen molar-refractivity contribution in [2.24, 2.45) is 0 Å². The molecule has 1 amide bonds. The number of hydrogen-bond donors (Lipinski definition) is 0. The fourth-order valence-electron chi connectivity index (χ4n) is 4.09. The lowest BCUT2D eigenvalue weighted by Gasteiger charge is -2.38. The highest BCUT2D eigenvalue weighted by atomic mass is 79.9. The van der Waals surface area contributed by atoms with Crippen molar-refractivity contribution in [2.45, 2.75) is 13.5 Å². The lowest BCUT2D eigenvalue weighted by atomic mass is 10.2. The van der Waals surface area contributed by atoms with E-state index in [1.54, 1.807) is 0 Å². The van der Waals surface area contributed by atoms with Crippen molar-refractivity contribution in [2.75, 3.05) is 63.8 Å². The number of benzene rings is 1. The van der Waals surface area contributed by atoms with Gasteiger partial charge in [-0.25, -0.2) is 0 Å². The number of rotatable bonds is 5. The number of amides is 1. The number of anilines is 1. The zero-order chi connectivity index (χ0) is 20.2. The van der Waals surface area contributed by atoms with Gasteiger partial charge in [-0.2, -0.15) is 0 Å². The molecule has 0 atom stereocenters. The maximum absolute atomic E-state index is 12.8. The molecule has 0 radical (unpaired) electrons. The third-order valence-electron chi connectivity index (χ3n) is 5.83. The number of nitrogens with zero attached hydrogens (tertiary/aromatic N) is 4. The topological polar surface area (TPSA) is 30.0 Å². The molecule has 5 nitrogen and oxygen atoms in total. The molecule has 7 heteroatoms. The largest absolute Gasteiger partial charge is 0.368 e. The summed E-state index contributed by atoms with van der Waals surface area (Å²) >= 11 is 5.35. The molecule has 2 aliphatic rings. The molecular formula is C22H29BrN4OS. The number of piperazine rings is 2. The normalized spacial score (nSPS) is 19.0. The Balaban J connectivity index is 1.19. The molecule has 4 rings (SSSR count). The Bertz CT molecular complexity index is 826. The minimum atomic E-state index is 0.282. The molecule has 2 fully saturated rings. The Morgan fingerprint density at radius 2 is 1.69 bits per heavy atom. The van der Waals surface area contributed by atoms with Crippen molar-refractivity contribution < 1.29 is 4.79 Å². The van der Waals surface area contributed by atoms with Crippen molar-refractivity contribution in [3.8, 4) is 0 Å². The second kappa shape index (κ2) is 9.60. The van der Waals surface area contributed by atoms with Gasteiger partial charge in [0.15, 0.2) is 0 Å². The van der Waals surface area contributed by atoms with Crippen molar-refractivity contribution in [3.63, 3.8) is 0 Å². The van der Waals surface area contributed by atoms with Crippen LogP contribution >= 0.6 is 27.3 Å². The summed E-state index contributed by atoms with van der Waals surface area (Å²) in [5, 5.41) is 0. The molecule has 3 heterocycles. The Kier molecular flexibility index (Phi) is 6.90. The van der Waals surface area contributed by atoms with Gasteiger partial charge in [-0.3, -0.25) is 14.6 Å². The molecule has 0 spiro atoms. The van der Waals surface area contributed by atoms with Crippen LogP contribution in [-0.2, 0) is 11.3 Å². The van der Waals surface area contributed by atoms with Crippen LogP contribution in [0.25, 0.3) is 0 Å². The number of halogens is 1. The van der Waals surface area contributed by atoms with E-state index in [2.05, 4.69) is 74.0 Å². The average Bonchev–Trinajstić information content (AvgIpc) is 3.14. The van der Waals surface area contributed by atoms with Crippen LogP contribution in [0.3, 0.4) is 0 Å². The van der Waals surface area contributed by atoms with E-state index in [4.69, 9.17) is 0 Å². The van der Waals surface area contributed by atoms with E-state index >= 15 is 0 Å². The monoisotopic (exact) mass is 476 g/mol. The minimum absolute atomic E-state index is 0.282. The quantitative estimate of drug-likeness (QED) is 0.662. The molecule has 1 aromatic heterocycles. The summed E-state index contributed by atoms with van der Waals surface area (Å²) in [7, 11) is 0. The first kappa shape index (κ1) is 20.8. The van der Waals surface area contributed by atoms with Gasteiger partial charge in [-0.05, 0) is 52.7 Å². The van der Waals surface area contributed by atoms with Gasteiger partial charge in [-0.15, -0.1) is 11.3 Å². The molecule has 156 valence electrons. The van der Waals surface area contributed by atoms with E-state index in [0.717, 1.165) is 58.9 Å². The first-order chi connectivity index (χ1) is 14.1. The molecule has 2 aliphatic heterocycles. The van der Waals surface area contributed by atoms with Crippen LogP contribution in [0.1, 0.15) is 10.4 Å². The maximum atomic E-state index is 12.8. The van der Waals surface area contributed by atoms with Gasteiger partial charge in [0.05, 0.1) is 10.3 Å². The van der Waals surface area contributed by atoms with Gasteiger partial charge in [0, 0.05) is 69.5 Å². The Hall–Kier alpha value is -1.41. The van der Waals surface area contributed by atoms with Crippen molar-refractivity contribution >= 4 is 38.9 Å². The van der Waals surface area contributed by atoms with Gasteiger partial charge in [0.25, 0.3) is 0 Å². The highest BCUT2D eigenvalue weighted by molar-refractivity contribution is 9.11. The van der Waals surface area contributed by atoms with Crippen LogP contribution in [0.2, 0.25) is 0 Å². The number of aryl methyl sites for hydroxylation is 1. The van der Waals surface area contributed by atoms with Crippen molar-refractivity contribution in [1.29, 1.82) is 0 Å². The molecule has 0 saturated carbocycles. The number of carbonyl (C=O) groups excluding carboxylic acids is 1. The highest BCUT2D eigenvalue weighted by Gasteiger charge is 2.25. The summed E-state index contributed by atoms with van der Waals surface area (Å²) in [5.74, 6) is 0.282. The van der Waals surface area contributed by atoms with Crippen LogP contribution in [0.5, 0.6) is 0 Å². The molecule has 2 saturated heterocycles. The predicted octanol–water partition coefficient (Wildman–Crippen LogP) is 3.29. The summed E-state index contributed by atoms with van der Waals surface area (Å²) in [5.41, 5.74) is 2.55. The zero-order valence-electron chi connectivity index (χ0n) is 17.0. The number of thiophene rings is 1. The fraction of sp³-hybridized carbons (Fsp3) is 0.500. The van der Waals surface area contributed by atoms with E-state index in [1.807, 2.05) is 16.2 Å². The van der Waals surface area contributed by atoms with E-state index in [0.29, 0.717) is 6.54 Å². The summed E-state index contributed by atoms with van der Waals surface area (Å²) in [4.78, 5) is 23.4. The first-order valence-electron chi connectivity index (χ1n) is 10.4. The standard InChI is InChI=1S/C22H29BrN4OS/c1-18-3-2-4-19(15-18)26-11-13-27(14-12-26)22(28)17-25-9-7-24(8-10-25)16-20-5-6-21(23)29-20/h2-6,15H,7-14,16-17H2,1H3. The van der Waals surface area contributed by atoms with Crippen LogP contribution < -0.4 is 4.90 Å². The van der Waals surface area contributed by atoms with E-state index in [-0.39, 0.29) is 5.91 Å². The molecule has 29 heavy (non-hydrogen) atoms. The SMILES string of the molecule is Cc1cccc(N2CCN(C(=O)CN3CCN(Cc4ccc(Br)s4)CC3)CC2)c1.